The summed E-state index contributed by atoms with van der Waals surface area (Å²) in [5, 5.41) is 0. The zero-order valence-electron chi connectivity index (χ0n) is 12.9. The number of carbonyl (C=O) groups is 2. The van der Waals surface area contributed by atoms with E-state index in [-0.39, 0.29) is 23.5 Å². The molecule has 2 aliphatic heterocycles. The molecule has 0 unspecified atom stereocenters. The van der Waals surface area contributed by atoms with Gasteiger partial charge < -0.3 is 14.5 Å². The smallest absolute Gasteiger partial charge is 0.241 e. The van der Waals surface area contributed by atoms with Crippen LogP contribution in [0.25, 0.3) is 0 Å². The summed E-state index contributed by atoms with van der Waals surface area (Å²) in [6.07, 6.45) is 1.48. The lowest BCUT2D eigenvalue weighted by molar-refractivity contribution is -0.202. The Morgan fingerprint density at radius 1 is 1.30 bits per heavy atom. The third-order valence-corrected chi connectivity index (χ3v) is 4.12. The van der Waals surface area contributed by atoms with E-state index in [0.717, 1.165) is 6.42 Å². The van der Waals surface area contributed by atoms with Gasteiger partial charge in [-0.05, 0) is 13.5 Å². The van der Waals surface area contributed by atoms with Crippen LogP contribution in [-0.2, 0) is 14.3 Å². The molecule has 0 aromatic carbocycles. The van der Waals surface area contributed by atoms with Crippen LogP contribution in [0.3, 0.4) is 0 Å². The van der Waals surface area contributed by atoms with Crippen LogP contribution in [0.5, 0.6) is 0 Å². The van der Waals surface area contributed by atoms with Gasteiger partial charge in [0, 0.05) is 27.1 Å². The number of amides is 2. The van der Waals surface area contributed by atoms with Gasteiger partial charge in [-0.2, -0.15) is 0 Å². The van der Waals surface area contributed by atoms with Crippen LogP contribution in [-0.4, -0.2) is 85.5 Å². The molecule has 0 bridgehead atoms. The minimum atomic E-state index is -0.263. The number of rotatable bonds is 3. The number of ether oxygens (including phenoxy) is 1. The van der Waals surface area contributed by atoms with Crippen LogP contribution in [0.4, 0.5) is 0 Å². The average Bonchev–Trinajstić information content (AvgIpc) is 2.35. The summed E-state index contributed by atoms with van der Waals surface area (Å²) in [4.78, 5) is 29.3. The monoisotopic (exact) mass is 283 g/mol. The Kier molecular flexibility index (Phi) is 4.34. The number of carbonyl (C=O) groups excluding carboxylic acids is 2. The molecule has 2 heterocycles. The Morgan fingerprint density at radius 3 is 2.45 bits per heavy atom. The fourth-order valence-corrected chi connectivity index (χ4v) is 2.94. The maximum absolute atomic E-state index is 12.0. The Hall–Kier alpha value is -1.14. The van der Waals surface area contributed by atoms with Gasteiger partial charge in [-0.3, -0.25) is 14.5 Å². The predicted octanol–water partition coefficient (Wildman–Crippen LogP) is -0.214. The molecule has 2 aliphatic rings. The van der Waals surface area contributed by atoms with Crippen molar-refractivity contribution in [3.05, 3.63) is 0 Å². The maximum Gasteiger partial charge on any atom is 0.241 e. The summed E-state index contributed by atoms with van der Waals surface area (Å²) >= 11 is 0. The Balaban J connectivity index is 1.88. The van der Waals surface area contributed by atoms with E-state index < -0.39 is 0 Å². The summed E-state index contributed by atoms with van der Waals surface area (Å²) in [6.45, 7) is 4.42. The van der Waals surface area contributed by atoms with Crippen molar-refractivity contribution in [2.24, 2.45) is 0 Å². The first-order chi connectivity index (χ1) is 9.38. The highest BCUT2D eigenvalue weighted by molar-refractivity contribution is 5.81. The molecule has 1 atom stereocenters. The highest BCUT2D eigenvalue weighted by atomic mass is 16.5. The first-order valence-electron chi connectivity index (χ1n) is 7.22. The highest BCUT2D eigenvalue weighted by Crippen LogP contribution is 2.31. The third-order valence-electron chi connectivity index (χ3n) is 4.12. The molecule has 2 amide bonds. The largest absolute Gasteiger partial charge is 0.368 e. The zero-order valence-corrected chi connectivity index (χ0v) is 12.9. The van der Waals surface area contributed by atoms with Crippen molar-refractivity contribution in [1.82, 2.24) is 14.7 Å². The Labute approximate surface area is 120 Å². The Bertz CT molecular complexity index is 391. The average molecular weight is 283 g/mol. The second kappa shape index (κ2) is 5.69. The number of hydrogen-bond donors (Lipinski definition) is 0. The number of likely N-dealkylation sites (tertiary alicyclic amines) is 1. The second-order valence-corrected chi connectivity index (χ2v) is 6.16. The Morgan fingerprint density at radius 2 is 1.95 bits per heavy atom. The van der Waals surface area contributed by atoms with Gasteiger partial charge in [-0.25, -0.2) is 0 Å². The van der Waals surface area contributed by atoms with Gasteiger partial charge in [-0.15, -0.1) is 0 Å². The topological polar surface area (TPSA) is 53.1 Å². The summed E-state index contributed by atoms with van der Waals surface area (Å²) in [7, 11) is 5.47. The lowest BCUT2D eigenvalue weighted by atomic mass is 9.90. The normalized spacial score (nSPS) is 25.4. The number of nitrogens with zero attached hydrogens (tertiary/aromatic N) is 3. The fourth-order valence-electron chi connectivity index (χ4n) is 2.94. The van der Waals surface area contributed by atoms with E-state index in [2.05, 4.69) is 0 Å². The highest BCUT2D eigenvalue weighted by Gasteiger charge is 2.51. The molecule has 2 saturated heterocycles. The van der Waals surface area contributed by atoms with Gasteiger partial charge in [0.1, 0.15) is 11.6 Å². The van der Waals surface area contributed by atoms with E-state index in [1.807, 2.05) is 23.8 Å². The quantitative estimate of drug-likeness (QED) is 0.719. The fraction of sp³-hybridized carbons (Fsp3) is 0.857. The molecule has 20 heavy (non-hydrogen) atoms. The summed E-state index contributed by atoms with van der Waals surface area (Å²) in [6, 6.07) is -0.212. The van der Waals surface area contributed by atoms with Gasteiger partial charge in [-0.1, -0.05) is 6.92 Å². The molecule has 0 saturated carbocycles. The molecule has 0 aromatic rings. The van der Waals surface area contributed by atoms with E-state index in [0.29, 0.717) is 32.7 Å². The first kappa shape index (κ1) is 15.3. The van der Waals surface area contributed by atoms with Crippen LogP contribution >= 0.6 is 0 Å². The third kappa shape index (κ3) is 2.81. The van der Waals surface area contributed by atoms with Gasteiger partial charge in [0.05, 0.1) is 19.7 Å². The molecular formula is C14H25N3O3. The van der Waals surface area contributed by atoms with Crippen molar-refractivity contribution in [2.45, 2.75) is 31.4 Å². The standard InChI is InChI=1S/C14H25N3O3/c1-5-6-12(18)17-9-14(10-17)8-16(4)11(7-20-14)13(19)15(2)3/h11H,5-10H2,1-4H3/t11-/m1/s1. The molecule has 114 valence electrons. The molecule has 6 nitrogen and oxygen atoms in total. The van der Waals surface area contributed by atoms with Crippen molar-refractivity contribution in [1.29, 1.82) is 0 Å². The molecule has 2 fully saturated rings. The van der Waals surface area contributed by atoms with Gasteiger partial charge in [0.25, 0.3) is 0 Å². The van der Waals surface area contributed by atoms with Crippen LogP contribution < -0.4 is 0 Å². The predicted molar refractivity (Wildman–Crippen MR) is 75.3 cm³/mol. The van der Waals surface area contributed by atoms with Crippen LogP contribution in [0.2, 0.25) is 0 Å². The lowest BCUT2D eigenvalue weighted by Gasteiger charge is -2.55. The summed E-state index contributed by atoms with van der Waals surface area (Å²) in [5.74, 6) is 0.274. The maximum atomic E-state index is 12.0. The molecule has 6 heteroatoms. The van der Waals surface area contributed by atoms with Crippen LogP contribution in [0, 0.1) is 0 Å². The molecular weight excluding hydrogens is 258 g/mol. The van der Waals surface area contributed by atoms with Gasteiger partial charge in [0.2, 0.25) is 11.8 Å². The van der Waals surface area contributed by atoms with Crippen molar-refractivity contribution in [2.75, 3.05) is 47.4 Å². The van der Waals surface area contributed by atoms with E-state index >= 15 is 0 Å². The molecule has 1 spiro atoms. The minimum Gasteiger partial charge on any atom is -0.368 e. The van der Waals surface area contributed by atoms with E-state index in [1.165, 1.54) is 0 Å². The van der Waals surface area contributed by atoms with E-state index in [1.54, 1.807) is 19.0 Å². The van der Waals surface area contributed by atoms with Crippen molar-refractivity contribution >= 4 is 11.8 Å². The van der Waals surface area contributed by atoms with Crippen LogP contribution in [0.15, 0.2) is 0 Å². The first-order valence-corrected chi connectivity index (χ1v) is 7.22. The number of likely N-dealkylation sites (N-methyl/N-ethyl adjacent to an activating group) is 2. The minimum absolute atomic E-state index is 0.0700. The second-order valence-electron chi connectivity index (χ2n) is 6.16. The molecule has 2 rings (SSSR count). The summed E-state index contributed by atoms with van der Waals surface area (Å²) < 4.78 is 5.93. The van der Waals surface area contributed by atoms with E-state index in [4.69, 9.17) is 4.74 Å². The summed E-state index contributed by atoms with van der Waals surface area (Å²) in [5.41, 5.74) is -0.263. The lowest BCUT2D eigenvalue weighted by Crippen LogP contribution is -2.73. The number of morpholine rings is 1. The zero-order chi connectivity index (χ0) is 14.9. The van der Waals surface area contributed by atoms with Crippen molar-refractivity contribution in [3.63, 3.8) is 0 Å². The van der Waals surface area contributed by atoms with Crippen molar-refractivity contribution < 1.29 is 14.3 Å². The van der Waals surface area contributed by atoms with Gasteiger partial charge >= 0.3 is 0 Å². The molecule has 0 aromatic heterocycles. The van der Waals surface area contributed by atoms with Crippen LogP contribution in [0.1, 0.15) is 19.8 Å². The molecule has 0 N–H and O–H groups in total. The molecule has 0 radical (unpaired) electrons. The van der Waals surface area contributed by atoms with E-state index in [9.17, 15) is 9.59 Å². The van der Waals surface area contributed by atoms with Gasteiger partial charge in [0.15, 0.2) is 0 Å². The number of hydrogen-bond acceptors (Lipinski definition) is 4. The SMILES string of the molecule is CCCC(=O)N1CC2(C1)CN(C)[C@@H](C(=O)N(C)C)CO2. The molecule has 0 aliphatic carbocycles. The van der Waals surface area contributed by atoms with Crippen molar-refractivity contribution in [3.8, 4) is 0 Å².